The summed E-state index contributed by atoms with van der Waals surface area (Å²) in [6, 6.07) is 3.83. The Labute approximate surface area is 201 Å². The van der Waals surface area contributed by atoms with E-state index in [1.165, 1.54) is 0 Å². The van der Waals surface area contributed by atoms with Gasteiger partial charge in [0.05, 0.1) is 27.4 Å². The van der Waals surface area contributed by atoms with Crippen LogP contribution in [0.15, 0.2) is 17.1 Å². The highest BCUT2D eigenvalue weighted by molar-refractivity contribution is 14.0. The predicted molar refractivity (Wildman–Crippen MR) is 131 cm³/mol. The number of halogens is 1. The fourth-order valence-electron chi connectivity index (χ4n) is 3.69. The normalized spacial score (nSPS) is 15.5. The molecule has 1 aromatic carbocycles. The zero-order valence-corrected chi connectivity index (χ0v) is 21.2. The van der Waals surface area contributed by atoms with E-state index in [0.29, 0.717) is 18.7 Å². The van der Waals surface area contributed by atoms with Gasteiger partial charge in [-0.05, 0) is 33.1 Å². The van der Waals surface area contributed by atoms with Crippen LogP contribution in [0.4, 0.5) is 0 Å². The van der Waals surface area contributed by atoms with Crippen molar-refractivity contribution in [1.29, 1.82) is 0 Å². The second-order valence-corrected chi connectivity index (χ2v) is 7.10. The molecule has 1 aliphatic rings. The summed E-state index contributed by atoms with van der Waals surface area (Å²) in [5.41, 5.74) is 0.966. The summed E-state index contributed by atoms with van der Waals surface area (Å²) in [5.74, 6) is 4.71. The van der Waals surface area contributed by atoms with E-state index in [9.17, 15) is 0 Å². The highest BCUT2D eigenvalue weighted by atomic mass is 127. The molecule has 2 aromatic rings. The second-order valence-electron chi connectivity index (χ2n) is 7.10. The Balaban J connectivity index is 0.00000341. The van der Waals surface area contributed by atoms with Gasteiger partial charge in [0, 0.05) is 37.3 Å². The van der Waals surface area contributed by atoms with E-state index in [2.05, 4.69) is 27.6 Å². The molecule has 10 heteroatoms. The lowest BCUT2D eigenvalue weighted by molar-refractivity contribution is 0.369. The smallest absolute Gasteiger partial charge is 0.191 e. The maximum absolute atomic E-state index is 5.54. The van der Waals surface area contributed by atoms with Crippen LogP contribution in [0.1, 0.15) is 43.0 Å². The zero-order chi connectivity index (χ0) is 21.5. The minimum Gasteiger partial charge on any atom is -0.496 e. The van der Waals surface area contributed by atoms with E-state index in [1.807, 2.05) is 23.7 Å². The highest BCUT2D eigenvalue weighted by Gasteiger charge is 2.24. The van der Waals surface area contributed by atoms with Crippen molar-refractivity contribution in [3.8, 4) is 17.2 Å². The predicted octanol–water partition coefficient (Wildman–Crippen LogP) is 2.86. The number of rotatable bonds is 8. The Morgan fingerprint density at radius 1 is 1.19 bits per heavy atom. The first kappa shape index (κ1) is 25.0. The van der Waals surface area contributed by atoms with Crippen LogP contribution in [0.3, 0.4) is 0 Å². The van der Waals surface area contributed by atoms with E-state index in [1.54, 1.807) is 21.3 Å². The van der Waals surface area contributed by atoms with Crippen LogP contribution in [-0.2, 0) is 13.0 Å². The van der Waals surface area contributed by atoms with Crippen LogP contribution >= 0.6 is 24.0 Å². The molecule has 0 fully saturated rings. The Morgan fingerprint density at radius 2 is 1.90 bits per heavy atom. The molecule has 0 saturated heterocycles. The minimum atomic E-state index is 0. The lowest BCUT2D eigenvalue weighted by Crippen LogP contribution is -2.41. The first-order valence-corrected chi connectivity index (χ1v) is 10.3. The third-order valence-electron chi connectivity index (χ3n) is 5.08. The van der Waals surface area contributed by atoms with Crippen molar-refractivity contribution in [2.75, 3.05) is 34.4 Å². The van der Waals surface area contributed by atoms with E-state index in [0.717, 1.165) is 60.6 Å². The average Bonchev–Trinajstić information content (AvgIpc) is 3.14. The molecule has 3 rings (SSSR count). The molecule has 2 N–H and O–H groups in total. The lowest BCUT2D eigenvalue weighted by Gasteiger charge is -2.25. The average molecular weight is 544 g/mol. The Morgan fingerprint density at radius 3 is 2.52 bits per heavy atom. The number of hydrogen-bond acceptors (Lipinski definition) is 6. The van der Waals surface area contributed by atoms with Gasteiger partial charge in [-0.15, -0.1) is 24.0 Å². The van der Waals surface area contributed by atoms with Crippen LogP contribution < -0.4 is 24.8 Å². The first-order valence-electron chi connectivity index (χ1n) is 10.3. The number of hydrogen-bond donors (Lipinski definition) is 2. The number of fused-ring (bicyclic) bond motifs is 1. The lowest BCUT2D eigenvalue weighted by atomic mass is 10.1. The molecule has 0 radical (unpaired) electrons. The molecular formula is C21H33IN6O3. The number of nitrogens with zero attached hydrogens (tertiary/aromatic N) is 4. The fraction of sp³-hybridized carbons (Fsp3) is 0.571. The molecule has 1 aromatic heterocycles. The number of nitrogens with one attached hydrogen (secondary N) is 2. The second kappa shape index (κ2) is 12.0. The number of methoxy groups -OCH3 is 3. The molecule has 1 unspecified atom stereocenters. The van der Waals surface area contributed by atoms with Crippen LogP contribution in [0, 0.1) is 6.92 Å². The van der Waals surface area contributed by atoms with Gasteiger partial charge < -0.3 is 24.8 Å². The summed E-state index contributed by atoms with van der Waals surface area (Å²) in [5, 5.41) is 11.3. The number of aliphatic imine (C=N–C) groups is 1. The summed E-state index contributed by atoms with van der Waals surface area (Å²) in [6.45, 7) is 6.25. The standard InChI is InChI=1S/C21H32N6O3.HI/c1-6-22-21(25-17-8-7-11-27-20(17)24-14(2)26-27)23-10-9-16-18(29-4)12-15(28-3)13-19(16)30-5;/h12-13,17H,6-11H2,1-5H3,(H2,22,23,25);1H. The van der Waals surface area contributed by atoms with Gasteiger partial charge >= 0.3 is 0 Å². The van der Waals surface area contributed by atoms with Gasteiger partial charge in [-0.3, -0.25) is 4.99 Å². The van der Waals surface area contributed by atoms with Gasteiger partial charge in [-0.25, -0.2) is 9.67 Å². The highest BCUT2D eigenvalue weighted by Crippen LogP contribution is 2.34. The van der Waals surface area contributed by atoms with E-state index in [4.69, 9.17) is 19.2 Å². The molecule has 0 saturated carbocycles. The maximum atomic E-state index is 5.54. The van der Waals surface area contributed by atoms with Crippen molar-refractivity contribution < 1.29 is 14.2 Å². The Kier molecular flexibility index (Phi) is 9.66. The maximum Gasteiger partial charge on any atom is 0.191 e. The SMILES string of the molecule is CCNC(=NCCc1c(OC)cc(OC)cc1OC)NC1CCCn2nc(C)nc21.I. The molecule has 0 bridgehead atoms. The number of guanidine groups is 1. The quantitative estimate of drug-likeness (QED) is 0.300. The van der Waals surface area contributed by atoms with Gasteiger partial charge in [0.25, 0.3) is 0 Å². The third kappa shape index (κ3) is 6.14. The number of aromatic nitrogens is 3. The van der Waals surface area contributed by atoms with Gasteiger partial charge in [-0.2, -0.15) is 5.10 Å². The van der Waals surface area contributed by atoms with Crippen molar-refractivity contribution in [3.05, 3.63) is 29.3 Å². The Bertz CT molecular complexity index is 861. The Hall–Kier alpha value is -2.24. The van der Waals surface area contributed by atoms with Crippen molar-refractivity contribution >= 4 is 29.9 Å². The number of aryl methyl sites for hydroxylation is 2. The monoisotopic (exact) mass is 544 g/mol. The third-order valence-corrected chi connectivity index (χ3v) is 5.08. The summed E-state index contributed by atoms with van der Waals surface area (Å²) in [6.07, 6.45) is 2.74. The minimum absolute atomic E-state index is 0. The van der Waals surface area contributed by atoms with Crippen LogP contribution in [0.25, 0.3) is 0 Å². The van der Waals surface area contributed by atoms with Gasteiger partial charge in [0.2, 0.25) is 0 Å². The number of ether oxygens (including phenoxy) is 3. The molecule has 9 nitrogen and oxygen atoms in total. The summed E-state index contributed by atoms with van der Waals surface area (Å²) in [4.78, 5) is 9.37. The van der Waals surface area contributed by atoms with E-state index in [-0.39, 0.29) is 30.0 Å². The molecule has 0 amide bonds. The molecule has 31 heavy (non-hydrogen) atoms. The van der Waals surface area contributed by atoms with Gasteiger partial charge in [0.1, 0.15) is 28.9 Å². The van der Waals surface area contributed by atoms with Crippen molar-refractivity contribution in [1.82, 2.24) is 25.4 Å². The van der Waals surface area contributed by atoms with Crippen LogP contribution in [0.2, 0.25) is 0 Å². The fourth-order valence-corrected chi connectivity index (χ4v) is 3.69. The molecule has 172 valence electrons. The zero-order valence-electron chi connectivity index (χ0n) is 18.9. The molecular weight excluding hydrogens is 511 g/mol. The van der Waals surface area contributed by atoms with Crippen LogP contribution in [-0.4, -0.2) is 55.1 Å². The topological polar surface area (TPSA) is 94.8 Å². The molecule has 2 heterocycles. The summed E-state index contributed by atoms with van der Waals surface area (Å²) < 4.78 is 18.4. The van der Waals surface area contributed by atoms with Gasteiger partial charge in [0.15, 0.2) is 5.96 Å². The van der Waals surface area contributed by atoms with Crippen molar-refractivity contribution in [2.24, 2.45) is 4.99 Å². The van der Waals surface area contributed by atoms with Gasteiger partial charge in [-0.1, -0.05) is 0 Å². The van der Waals surface area contributed by atoms with Crippen LogP contribution in [0.5, 0.6) is 17.2 Å². The first-order chi connectivity index (χ1) is 14.6. The molecule has 1 atom stereocenters. The number of benzene rings is 1. The summed E-state index contributed by atoms with van der Waals surface area (Å²) in [7, 11) is 4.92. The molecule has 0 aliphatic carbocycles. The van der Waals surface area contributed by atoms with Crippen molar-refractivity contribution in [3.63, 3.8) is 0 Å². The van der Waals surface area contributed by atoms with E-state index < -0.39 is 0 Å². The molecule has 0 spiro atoms. The van der Waals surface area contributed by atoms with E-state index >= 15 is 0 Å². The van der Waals surface area contributed by atoms with Crippen molar-refractivity contribution in [2.45, 2.75) is 45.7 Å². The summed E-state index contributed by atoms with van der Waals surface area (Å²) >= 11 is 0. The molecule has 1 aliphatic heterocycles. The largest absolute Gasteiger partial charge is 0.496 e.